The van der Waals surface area contributed by atoms with E-state index >= 15 is 0 Å². The predicted molar refractivity (Wildman–Crippen MR) is 76.4 cm³/mol. The Kier molecular flexibility index (Phi) is 5.70. The van der Waals surface area contributed by atoms with E-state index in [0.29, 0.717) is 18.5 Å². The maximum atomic E-state index is 12.9. The van der Waals surface area contributed by atoms with Crippen LogP contribution in [0.15, 0.2) is 0 Å². The molecule has 0 atom stereocenters. The van der Waals surface area contributed by atoms with Crippen LogP contribution in [-0.4, -0.2) is 22.2 Å². The lowest BCUT2D eigenvalue weighted by Crippen LogP contribution is -2.29. The molecule has 0 fully saturated rings. The van der Waals surface area contributed by atoms with Crippen LogP contribution in [0.5, 0.6) is 0 Å². The number of fused-ring (bicyclic) bond motifs is 1. The van der Waals surface area contributed by atoms with E-state index in [0.717, 1.165) is 37.8 Å². The lowest BCUT2D eigenvalue weighted by molar-refractivity contribution is -0.121. The fourth-order valence-corrected chi connectivity index (χ4v) is 2.82. The monoisotopic (exact) mass is 299 g/mol. The van der Waals surface area contributed by atoms with Crippen LogP contribution in [0.3, 0.4) is 0 Å². The first-order chi connectivity index (χ1) is 10.1. The highest BCUT2D eigenvalue weighted by molar-refractivity contribution is 5.75. The highest BCUT2D eigenvalue weighted by Crippen LogP contribution is 2.31. The van der Waals surface area contributed by atoms with Crippen LogP contribution >= 0.6 is 0 Å². The molecule has 1 heterocycles. The van der Waals surface area contributed by atoms with Gasteiger partial charge in [0.05, 0.1) is 0 Å². The highest BCUT2D eigenvalue weighted by Gasteiger charge is 2.27. The van der Waals surface area contributed by atoms with E-state index in [4.69, 9.17) is 0 Å². The molecule has 0 radical (unpaired) electrons. The molecule has 1 aliphatic carbocycles. The zero-order valence-electron chi connectivity index (χ0n) is 12.5. The van der Waals surface area contributed by atoms with Gasteiger partial charge in [-0.05, 0) is 25.7 Å². The second-order valence-electron chi connectivity index (χ2n) is 5.53. The van der Waals surface area contributed by atoms with Gasteiger partial charge in [-0.1, -0.05) is 26.2 Å². The molecule has 0 saturated heterocycles. The predicted octanol–water partition coefficient (Wildman–Crippen LogP) is 3.01. The first-order valence-corrected chi connectivity index (χ1v) is 7.76. The van der Waals surface area contributed by atoms with E-state index < -0.39 is 6.43 Å². The molecule has 2 rings (SSSR count). The Bertz CT molecular complexity index is 486. The van der Waals surface area contributed by atoms with Crippen LogP contribution in [-0.2, 0) is 24.2 Å². The first kappa shape index (κ1) is 15.9. The number of carbonyl (C=O) groups excluding carboxylic acids is 1. The molecule has 6 heteroatoms. The Balaban J connectivity index is 1.88. The van der Waals surface area contributed by atoms with Crippen LogP contribution in [0.1, 0.15) is 62.4 Å². The quantitative estimate of drug-likeness (QED) is 0.750. The van der Waals surface area contributed by atoms with E-state index in [1.54, 1.807) is 0 Å². The summed E-state index contributed by atoms with van der Waals surface area (Å²) < 4.78 is 27.3. The molecular weight excluding hydrogens is 276 g/mol. The average molecular weight is 299 g/mol. The van der Waals surface area contributed by atoms with Crippen molar-refractivity contribution in [2.45, 2.75) is 64.8 Å². The molecule has 1 aliphatic rings. The molecule has 118 valence electrons. The number of hydrogen-bond donors (Lipinski definition) is 1. The topological polar surface area (TPSA) is 46.9 Å². The molecule has 0 bridgehead atoms. The summed E-state index contributed by atoms with van der Waals surface area (Å²) in [7, 11) is 0. The summed E-state index contributed by atoms with van der Waals surface area (Å²) in [5.41, 5.74) is 1.32. The molecule has 1 aromatic heterocycles. The van der Waals surface area contributed by atoms with Gasteiger partial charge >= 0.3 is 0 Å². The molecule has 0 aromatic carbocycles. The third-order valence-corrected chi connectivity index (χ3v) is 3.89. The van der Waals surface area contributed by atoms with E-state index in [1.807, 2.05) is 0 Å². The summed E-state index contributed by atoms with van der Waals surface area (Å²) >= 11 is 0. The normalized spacial score (nSPS) is 13.7. The fraction of sp³-hybridized carbons (Fsp3) is 0.733. The average Bonchev–Trinajstić information content (AvgIpc) is 3.02. The number of nitrogens with one attached hydrogen (secondary N) is 1. The number of aromatic nitrogens is 2. The third kappa shape index (κ3) is 4.02. The van der Waals surface area contributed by atoms with Crippen LogP contribution in [0.2, 0.25) is 0 Å². The molecule has 1 N–H and O–H groups in total. The highest BCUT2D eigenvalue weighted by atomic mass is 19.3. The van der Waals surface area contributed by atoms with Crippen molar-refractivity contribution in [3.05, 3.63) is 17.0 Å². The minimum Gasteiger partial charge on any atom is -0.354 e. The van der Waals surface area contributed by atoms with E-state index in [-0.39, 0.29) is 18.1 Å². The van der Waals surface area contributed by atoms with E-state index in [1.165, 1.54) is 11.1 Å². The van der Waals surface area contributed by atoms with Gasteiger partial charge in [0.15, 0.2) is 0 Å². The number of hydrogen-bond acceptors (Lipinski definition) is 2. The molecule has 1 amide bonds. The summed E-state index contributed by atoms with van der Waals surface area (Å²) in [5, 5.41) is 6.77. The molecule has 4 nitrogen and oxygen atoms in total. The van der Waals surface area contributed by atoms with Crippen molar-refractivity contribution < 1.29 is 13.6 Å². The van der Waals surface area contributed by atoms with Gasteiger partial charge in [-0.15, -0.1) is 0 Å². The van der Waals surface area contributed by atoms with Gasteiger partial charge < -0.3 is 5.32 Å². The van der Waals surface area contributed by atoms with Crippen molar-refractivity contribution in [3.63, 3.8) is 0 Å². The molecule has 0 spiro atoms. The van der Waals surface area contributed by atoms with Gasteiger partial charge in [0.2, 0.25) is 5.91 Å². The maximum Gasteiger partial charge on any atom is 0.282 e. The Morgan fingerprint density at radius 3 is 2.86 bits per heavy atom. The molecule has 1 aromatic rings. The zero-order chi connectivity index (χ0) is 15.2. The van der Waals surface area contributed by atoms with Crippen molar-refractivity contribution in [3.8, 4) is 0 Å². The van der Waals surface area contributed by atoms with Crippen molar-refractivity contribution in [1.82, 2.24) is 15.1 Å². The Labute approximate surface area is 123 Å². The number of amides is 1. The van der Waals surface area contributed by atoms with Crippen LogP contribution in [0.25, 0.3) is 0 Å². The number of alkyl halides is 2. The Morgan fingerprint density at radius 2 is 2.14 bits per heavy atom. The number of unbranched alkanes of at least 4 members (excludes halogenated alkanes) is 3. The van der Waals surface area contributed by atoms with Gasteiger partial charge in [0.1, 0.15) is 12.2 Å². The Hall–Kier alpha value is -1.46. The van der Waals surface area contributed by atoms with E-state index in [2.05, 4.69) is 17.3 Å². The van der Waals surface area contributed by atoms with Crippen LogP contribution < -0.4 is 5.32 Å². The van der Waals surface area contributed by atoms with Gasteiger partial charge in [-0.2, -0.15) is 5.10 Å². The largest absolute Gasteiger partial charge is 0.354 e. The van der Waals surface area contributed by atoms with Gasteiger partial charge in [-0.3, -0.25) is 9.48 Å². The smallest absolute Gasteiger partial charge is 0.282 e. The van der Waals surface area contributed by atoms with Crippen molar-refractivity contribution in [2.24, 2.45) is 0 Å². The molecule has 0 saturated carbocycles. The number of carbonyl (C=O) groups is 1. The lowest BCUT2D eigenvalue weighted by Gasteiger charge is -2.07. The zero-order valence-corrected chi connectivity index (χ0v) is 12.5. The van der Waals surface area contributed by atoms with Gasteiger partial charge in [-0.25, -0.2) is 8.78 Å². The second kappa shape index (κ2) is 7.52. The standard InChI is InChI=1S/C15H23F2N3O/c1-2-3-4-5-9-18-13(21)10-20-12-8-6-7-11(12)14(19-20)15(16)17/h15H,2-10H2,1H3,(H,18,21). The summed E-state index contributed by atoms with van der Waals surface area (Å²) in [6, 6.07) is 0. The maximum absolute atomic E-state index is 12.9. The number of rotatable bonds is 8. The number of halogens is 2. The second-order valence-corrected chi connectivity index (χ2v) is 5.53. The SMILES string of the molecule is CCCCCCNC(=O)Cn1nc(C(F)F)c2c1CCC2. The molecule has 0 aliphatic heterocycles. The Morgan fingerprint density at radius 1 is 1.33 bits per heavy atom. The van der Waals surface area contributed by atoms with Crippen LogP contribution in [0, 0.1) is 0 Å². The summed E-state index contributed by atoms with van der Waals surface area (Å²) in [4.78, 5) is 11.9. The number of nitrogens with zero attached hydrogens (tertiary/aromatic N) is 2. The minimum absolute atomic E-state index is 0.0445. The van der Waals surface area contributed by atoms with Crippen molar-refractivity contribution in [1.29, 1.82) is 0 Å². The summed E-state index contributed by atoms with van der Waals surface area (Å²) in [6.07, 6.45) is 4.07. The van der Waals surface area contributed by atoms with Gasteiger partial charge in [0.25, 0.3) is 6.43 Å². The molecular formula is C15H23F2N3O. The summed E-state index contributed by atoms with van der Waals surface area (Å²) in [6.45, 7) is 2.82. The lowest BCUT2D eigenvalue weighted by atomic mass is 10.2. The van der Waals surface area contributed by atoms with Gasteiger partial charge in [0, 0.05) is 17.8 Å². The minimum atomic E-state index is -2.56. The van der Waals surface area contributed by atoms with Crippen LogP contribution in [0.4, 0.5) is 8.78 Å². The first-order valence-electron chi connectivity index (χ1n) is 7.76. The molecule has 0 unspecified atom stereocenters. The van der Waals surface area contributed by atoms with Crippen molar-refractivity contribution in [2.75, 3.05) is 6.54 Å². The van der Waals surface area contributed by atoms with Crippen molar-refractivity contribution >= 4 is 5.91 Å². The summed E-state index contributed by atoms with van der Waals surface area (Å²) in [5.74, 6) is -0.149. The van der Waals surface area contributed by atoms with E-state index in [9.17, 15) is 13.6 Å². The fourth-order valence-electron chi connectivity index (χ4n) is 2.82. The molecule has 21 heavy (non-hydrogen) atoms. The third-order valence-electron chi connectivity index (χ3n) is 3.89.